The lowest BCUT2D eigenvalue weighted by Gasteiger charge is -2.12. The Balaban J connectivity index is 3.06. The maximum atomic E-state index is 5.08. The van der Waals surface area contributed by atoms with Crippen LogP contribution in [0, 0.1) is 0 Å². The third kappa shape index (κ3) is 6.62. The maximum Gasteiger partial charge on any atom is 0.156 e. The van der Waals surface area contributed by atoms with Crippen molar-refractivity contribution in [3.63, 3.8) is 0 Å². The average Bonchev–Trinajstić information content (AvgIpc) is 2.11. The van der Waals surface area contributed by atoms with Crippen LogP contribution in [0.25, 0.3) is 0 Å². The molecule has 0 amide bonds. The highest BCUT2D eigenvalue weighted by Gasteiger charge is 2.02. The summed E-state index contributed by atoms with van der Waals surface area (Å²) >= 11 is 0. The molecule has 0 aromatic rings. The van der Waals surface area contributed by atoms with Crippen LogP contribution in [-0.2, 0) is 9.47 Å². The second-order valence-corrected chi connectivity index (χ2v) is 3.10. The molecule has 0 aliphatic heterocycles. The normalized spacial score (nSPS) is 11.0. The standard InChI is InChI=1S/C10H22O2/c1-4-5-6-7-8-9-10(11-2)12-3/h10H,4-9H2,1-3H3. The van der Waals surface area contributed by atoms with Gasteiger partial charge in [-0.2, -0.15) is 0 Å². The Labute approximate surface area is 76.3 Å². The van der Waals surface area contributed by atoms with Crippen molar-refractivity contribution < 1.29 is 9.47 Å². The molecule has 0 saturated carbocycles. The molecule has 0 radical (unpaired) electrons. The molecule has 0 aromatic heterocycles. The average molecular weight is 174 g/mol. The van der Waals surface area contributed by atoms with E-state index in [9.17, 15) is 0 Å². The van der Waals surface area contributed by atoms with Crippen LogP contribution < -0.4 is 0 Å². The zero-order valence-corrected chi connectivity index (χ0v) is 8.64. The first-order chi connectivity index (χ1) is 5.85. The van der Waals surface area contributed by atoms with Crippen molar-refractivity contribution in [1.82, 2.24) is 0 Å². The lowest BCUT2D eigenvalue weighted by molar-refractivity contribution is -0.107. The third-order valence-corrected chi connectivity index (χ3v) is 2.07. The van der Waals surface area contributed by atoms with Crippen LogP contribution in [-0.4, -0.2) is 20.5 Å². The monoisotopic (exact) mass is 174 g/mol. The molecule has 0 spiro atoms. The zero-order chi connectivity index (χ0) is 9.23. The molecular weight excluding hydrogens is 152 g/mol. The Hall–Kier alpha value is -0.0800. The van der Waals surface area contributed by atoms with Crippen molar-refractivity contribution in [3.8, 4) is 0 Å². The van der Waals surface area contributed by atoms with Gasteiger partial charge >= 0.3 is 0 Å². The van der Waals surface area contributed by atoms with E-state index in [0.29, 0.717) is 0 Å². The summed E-state index contributed by atoms with van der Waals surface area (Å²) in [5, 5.41) is 0. The van der Waals surface area contributed by atoms with Crippen LogP contribution in [0.4, 0.5) is 0 Å². The van der Waals surface area contributed by atoms with Crippen molar-refractivity contribution in [2.75, 3.05) is 14.2 Å². The summed E-state index contributed by atoms with van der Waals surface area (Å²) in [6.07, 6.45) is 7.55. The fraction of sp³-hybridized carbons (Fsp3) is 1.00. The minimum absolute atomic E-state index is 0.00614. The molecule has 2 nitrogen and oxygen atoms in total. The summed E-state index contributed by atoms with van der Waals surface area (Å²) in [5.74, 6) is 0. The Morgan fingerprint density at radius 1 is 0.917 bits per heavy atom. The van der Waals surface area contributed by atoms with Crippen LogP contribution in [0.3, 0.4) is 0 Å². The van der Waals surface area contributed by atoms with E-state index >= 15 is 0 Å². The lowest BCUT2D eigenvalue weighted by Crippen LogP contribution is -2.12. The fourth-order valence-electron chi connectivity index (χ4n) is 1.25. The number of ether oxygens (including phenoxy) is 2. The van der Waals surface area contributed by atoms with E-state index in [0.717, 1.165) is 6.42 Å². The van der Waals surface area contributed by atoms with E-state index in [2.05, 4.69) is 6.92 Å². The van der Waals surface area contributed by atoms with Gasteiger partial charge in [-0.05, 0) is 12.8 Å². The highest BCUT2D eigenvalue weighted by molar-refractivity contribution is 4.46. The summed E-state index contributed by atoms with van der Waals surface area (Å²) in [4.78, 5) is 0. The molecule has 0 saturated heterocycles. The number of unbranched alkanes of at least 4 members (excludes halogenated alkanes) is 4. The Kier molecular flexibility index (Phi) is 8.95. The second-order valence-electron chi connectivity index (χ2n) is 3.10. The largest absolute Gasteiger partial charge is 0.356 e. The van der Waals surface area contributed by atoms with Crippen LogP contribution in [0.1, 0.15) is 45.4 Å². The van der Waals surface area contributed by atoms with Crippen molar-refractivity contribution in [2.45, 2.75) is 51.7 Å². The first kappa shape index (κ1) is 11.9. The molecule has 0 aliphatic rings. The van der Waals surface area contributed by atoms with Crippen molar-refractivity contribution in [3.05, 3.63) is 0 Å². The molecular formula is C10H22O2. The molecule has 74 valence electrons. The zero-order valence-electron chi connectivity index (χ0n) is 8.64. The number of rotatable bonds is 8. The van der Waals surface area contributed by atoms with Gasteiger partial charge in [0.1, 0.15) is 0 Å². The highest BCUT2D eigenvalue weighted by atomic mass is 16.7. The smallest absolute Gasteiger partial charge is 0.156 e. The molecule has 0 atom stereocenters. The van der Waals surface area contributed by atoms with E-state index in [-0.39, 0.29) is 6.29 Å². The maximum absolute atomic E-state index is 5.08. The van der Waals surface area contributed by atoms with E-state index in [4.69, 9.17) is 9.47 Å². The van der Waals surface area contributed by atoms with Crippen LogP contribution in [0.5, 0.6) is 0 Å². The second kappa shape index (κ2) is 9.01. The lowest BCUT2D eigenvalue weighted by atomic mass is 10.1. The van der Waals surface area contributed by atoms with Gasteiger partial charge in [0.15, 0.2) is 6.29 Å². The number of hydrogen-bond donors (Lipinski definition) is 0. The molecule has 0 N–H and O–H groups in total. The van der Waals surface area contributed by atoms with Crippen LogP contribution in [0.15, 0.2) is 0 Å². The van der Waals surface area contributed by atoms with Gasteiger partial charge in [0.05, 0.1) is 0 Å². The van der Waals surface area contributed by atoms with E-state index in [1.807, 2.05) is 0 Å². The van der Waals surface area contributed by atoms with Crippen molar-refractivity contribution >= 4 is 0 Å². The number of methoxy groups -OCH3 is 2. The Morgan fingerprint density at radius 2 is 1.50 bits per heavy atom. The van der Waals surface area contributed by atoms with Crippen LogP contribution in [0.2, 0.25) is 0 Å². The molecule has 0 aliphatic carbocycles. The molecule has 0 fully saturated rings. The first-order valence-corrected chi connectivity index (χ1v) is 4.90. The highest BCUT2D eigenvalue weighted by Crippen LogP contribution is 2.08. The summed E-state index contributed by atoms with van der Waals surface area (Å²) < 4.78 is 10.2. The molecule has 12 heavy (non-hydrogen) atoms. The quantitative estimate of drug-likeness (QED) is 0.416. The molecule has 0 heterocycles. The molecule has 0 rings (SSSR count). The summed E-state index contributed by atoms with van der Waals surface area (Å²) in [5.41, 5.74) is 0. The van der Waals surface area contributed by atoms with Gasteiger partial charge < -0.3 is 9.47 Å². The topological polar surface area (TPSA) is 18.5 Å². The van der Waals surface area contributed by atoms with E-state index < -0.39 is 0 Å². The predicted molar refractivity (Wildman–Crippen MR) is 51.2 cm³/mol. The van der Waals surface area contributed by atoms with Gasteiger partial charge in [0, 0.05) is 14.2 Å². The SMILES string of the molecule is CCCCCCCC(OC)OC. The van der Waals surface area contributed by atoms with Gasteiger partial charge in [-0.1, -0.05) is 32.6 Å². The van der Waals surface area contributed by atoms with Crippen molar-refractivity contribution in [2.24, 2.45) is 0 Å². The van der Waals surface area contributed by atoms with Gasteiger partial charge in [0.25, 0.3) is 0 Å². The third-order valence-electron chi connectivity index (χ3n) is 2.07. The Bertz CT molecular complexity index is 79.9. The molecule has 0 bridgehead atoms. The molecule has 2 heteroatoms. The minimum Gasteiger partial charge on any atom is -0.356 e. The predicted octanol–water partition coefficient (Wildman–Crippen LogP) is 2.97. The summed E-state index contributed by atoms with van der Waals surface area (Å²) in [6, 6.07) is 0. The van der Waals surface area contributed by atoms with E-state index in [1.54, 1.807) is 14.2 Å². The van der Waals surface area contributed by atoms with Gasteiger partial charge in [0.2, 0.25) is 0 Å². The van der Waals surface area contributed by atoms with Gasteiger partial charge in [-0.15, -0.1) is 0 Å². The van der Waals surface area contributed by atoms with Crippen molar-refractivity contribution in [1.29, 1.82) is 0 Å². The molecule has 0 unspecified atom stereocenters. The van der Waals surface area contributed by atoms with Gasteiger partial charge in [-0.3, -0.25) is 0 Å². The van der Waals surface area contributed by atoms with E-state index in [1.165, 1.54) is 32.1 Å². The molecule has 0 aromatic carbocycles. The fourth-order valence-corrected chi connectivity index (χ4v) is 1.25. The van der Waals surface area contributed by atoms with Gasteiger partial charge in [-0.25, -0.2) is 0 Å². The summed E-state index contributed by atoms with van der Waals surface area (Å²) in [6.45, 7) is 2.23. The number of hydrogen-bond acceptors (Lipinski definition) is 2. The summed E-state index contributed by atoms with van der Waals surface area (Å²) in [7, 11) is 3.39. The van der Waals surface area contributed by atoms with Crippen LogP contribution >= 0.6 is 0 Å². The minimum atomic E-state index is 0.00614. The Morgan fingerprint density at radius 3 is 2.00 bits per heavy atom. The first-order valence-electron chi connectivity index (χ1n) is 4.90.